The lowest BCUT2D eigenvalue weighted by molar-refractivity contribution is -0.120. The fourth-order valence-corrected chi connectivity index (χ4v) is 3.69. The van der Waals surface area contributed by atoms with Gasteiger partial charge in [0.1, 0.15) is 11.4 Å². The first kappa shape index (κ1) is 21.0. The van der Waals surface area contributed by atoms with Crippen molar-refractivity contribution < 1.29 is 14.3 Å². The van der Waals surface area contributed by atoms with Crippen LogP contribution in [0.1, 0.15) is 11.1 Å². The smallest absolute Gasteiger partial charge is 0.282 e. The molecule has 2 amide bonds. The van der Waals surface area contributed by atoms with Crippen LogP contribution in [0.25, 0.3) is 5.57 Å². The molecular formula is C24H18Cl2N2O3. The highest BCUT2D eigenvalue weighted by Gasteiger charge is 2.41. The van der Waals surface area contributed by atoms with Crippen molar-refractivity contribution in [2.24, 2.45) is 0 Å². The minimum absolute atomic E-state index is 0.143. The topological polar surface area (TPSA) is 58.6 Å². The van der Waals surface area contributed by atoms with Gasteiger partial charge in [-0.2, -0.15) is 0 Å². The fourth-order valence-electron chi connectivity index (χ4n) is 3.39. The molecular weight excluding hydrogens is 435 g/mol. The number of halogens is 2. The Morgan fingerprint density at radius 3 is 2.29 bits per heavy atom. The van der Waals surface area contributed by atoms with Crippen LogP contribution in [0.3, 0.4) is 0 Å². The number of imide groups is 1. The second-order valence-electron chi connectivity index (χ2n) is 6.96. The van der Waals surface area contributed by atoms with E-state index < -0.39 is 11.8 Å². The van der Waals surface area contributed by atoms with E-state index in [4.69, 9.17) is 27.9 Å². The van der Waals surface area contributed by atoms with Gasteiger partial charge in [0.15, 0.2) is 0 Å². The summed E-state index contributed by atoms with van der Waals surface area (Å²) in [6, 6.07) is 18.9. The number of amides is 2. The number of nitrogens with one attached hydrogen (secondary N) is 1. The van der Waals surface area contributed by atoms with Gasteiger partial charge >= 0.3 is 0 Å². The molecule has 0 saturated carbocycles. The van der Waals surface area contributed by atoms with Crippen LogP contribution in [0.5, 0.6) is 5.75 Å². The van der Waals surface area contributed by atoms with Crippen molar-refractivity contribution in [1.29, 1.82) is 0 Å². The van der Waals surface area contributed by atoms with Crippen LogP contribution in [0, 0.1) is 6.92 Å². The molecule has 0 spiro atoms. The number of nitrogens with zero attached hydrogens (tertiary/aromatic N) is 1. The summed E-state index contributed by atoms with van der Waals surface area (Å²) < 4.78 is 5.45. The Bertz CT molecular complexity index is 1220. The zero-order valence-electron chi connectivity index (χ0n) is 16.8. The average Bonchev–Trinajstić information content (AvgIpc) is 3.01. The Balaban J connectivity index is 1.86. The molecule has 0 fully saturated rings. The minimum Gasteiger partial charge on any atom is -0.496 e. The molecule has 0 unspecified atom stereocenters. The molecule has 5 nitrogen and oxygen atoms in total. The van der Waals surface area contributed by atoms with Gasteiger partial charge in [0, 0.05) is 21.3 Å². The molecule has 31 heavy (non-hydrogen) atoms. The molecule has 0 aliphatic carbocycles. The molecule has 1 heterocycles. The maximum absolute atomic E-state index is 13.5. The molecule has 0 aromatic heterocycles. The number of hydrogen-bond donors (Lipinski definition) is 1. The number of benzene rings is 3. The summed E-state index contributed by atoms with van der Waals surface area (Å²) in [4.78, 5) is 28.0. The second-order valence-corrected chi connectivity index (χ2v) is 7.81. The number of methoxy groups -OCH3 is 1. The SMILES string of the molecule is COc1ccccc1C1=C(Nc2ccc(C)c(Cl)c2)C(=O)N(c2ccc(Cl)cc2)C1=O. The first-order valence-electron chi connectivity index (χ1n) is 9.46. The Kier molecular flexibility index (Phi) is 5.72. The Hall–Kier alpha value is -3.28. The lowest BCUT2D eigenvalue weighted by Gasteiger charge is -2.15. The third-order valence-electron chi connectivity index (χ3n) is 4.99. The van der Waals surface area contributed by atoms with E-state index >= 15 is 0 Å². The van der Waals surface area contributed by atoms with Crippen LogP contribution in [0.4, 0.5) is 11.4 Å². The molecule has 0 radical (unpaired) electrons. The van der Waals surface area contributed by atoms with Gasteiger partial charge in [0.25, 0.3) is 11.8 Å². The lowest BCUT2D eigenvalue weighted by atomic mass is 10.0. The van der Waals surface area contributed by atoms with E-state index in [1.54, 1.807) is 60.7 Å². The average molecular weight is 453 g/mol. The molecule has 3 aromatic carbocycles. The summed E-state index contributed by atoms with van der Waals surface area (Å²) in [5, 5.41) is 4.16. The third-order valence-corrected chi connectivity index (χ3v) is 5.65. The van der Waals surface area contributed by atoms with Gasteiger partial charge in [-0.05, 0) is 55.0 Å². The molecule has 0 atom stereocenters. The largest absolute Gasteiger partial charge is 0.496 e. The molecule has 3 aromatic rings. The van der Waals surface area contributed by atoms with Crippen molar-refractivity contribution in [3.63, 3.8) is 0 Å². The van der Waals surface area contributed by atoms with Crippen LogP contribution in [0.15, 0.2) is 72.4 Å². The van der Waals surface area contributed by atoms with Crippen molar-refractivity contribution in [3.8, 4) is 5.75 Å². The number of aryl methyl sites for hydroxylation is 1. The zero-order chi connectivity index (χ0) is 22.1. The van der Waals surface area contributed by atoms with E-state index in [9.17, 15) is 9.59 Å². The summed E-state index contributed by atoms with van der Waals surface area (Å²) in [5.41, 5.74) is 2.80. The normalized spacial score (nSPS) is 13.7. The number of para-hydroxylation sites is 1. The van der Waals surface area contributed by atoms with Gasteiger partial charge < -0.3 is 10.1 Å². The predicted octanol–water partition coefficient (Wildman–Crippen LogP) is 5.71. The Morgan fingerprint density at radius 1 is 0.903 bits per heavy atom. The van der Waals surface area contributed by atoms with Crippen LogP contribution < -0.4 is 15.0 Å². The van der Waals surface area contributed by atoms with Gasteiger partial charge in [-0.1, -0.05) is 47.5 Å². The Morgan fingerprint density at radius 2 is 1.61 bits per heavy atom. The Labute approximate surface area is 189 Å². The molecule has 1 aliphatic rings. The van der Waals surface area contributed by atoms with Crippen molar-refractivity contribution in [2.45, 2.75) is 6.92 Å². The van der Waals surface area contributed by atoms with Crippen molar-refractivity contribution in [3.05, 3.63) is 93.6 Å². The predicted molar refractivity (Wildman–Crippen MR) is 124 cm³/mol. The second kappa shape index (κ2) is 8.46. The molecule has 4 rings (SSSR count). The zero-order valence-corrected chi connectivity index (χ0v) is 18.3. The van der Waals surface area contributed by atoms with E-state index in [1.807, 2.05) is 13.0 Å². The molecule has 7 heteroatoms. The third kappa shape index (κ3) is 3.90. The van der Waals surface area contributed by atoms with E-state index in [0.29, 0.717) is 32.7 Å². The first-order valence-corrected chi connectivity index (χ1v) is 10.2. The summed E-state index contributed by atoms with van der Waals surface area (Å²) >= 11 is 12.2. The van der Waals surface area contributed by atoms with Gasteiger partial charge in [0.05, 0.1) is 18.4 Å². The monoisotopic (exact) mass is 452 g/mol. The number of hydrogen-bond acceptors (Lipinski definition) is 4. The maximum Gasteiger partial charge on any atom is 0.282 e. The van der Waals surface area contributed by atoms with Crippen LogP contribution in [-0.4, -0.2) is 18.9 Å². The van der Waals surface area contributed by atoms with Gasteiger partial charge in [0.2, 0.25) is 0 Å². The van der Waals surface area contributed by atoms with Crippen molar-refractivity contribution >= 4 is 52.0 Å². The van der Waals surface area contributed by atoms with Crippen LogP contribution >= 0.6 is 23.2 Å². The van der Waals surface area contributed by atoms with Crippen LogP contribution in [-0.2, 0) is 9.59 Å². The first-order chi connectivity index (χ1) is 14.9. The van der Waals surface area contributed by atoms with Crippen LogP contribution in [0.2, 0.25) is 10.0 Å². The highest BCUT2D eigenvalue weighted by atomic mass is 35.5. The highest BCUT2D eigenvalue weighted by molar-refractivity contribution is 6.46. The molecule has 0 saturated heterocycles. The van der Waals surface area contributed by atoms with E-state index in [1.165, 1.54) is 7.11 Å². The summed E-state index contributed by atoms with van der Waals surface area (Å²) in [5.74, 6) is -0.458. The maximum atomic E-state index is 13.5. The van der Waals surface area contributed by atoms with Crippen molar-refractivity contribution in [2.75, 3.05) is 17.3 Å². The van der Waals surface area contributed by atoms with E-state index in [-0.39, 0.29) is 11.3 Å². The van der Waals surface area contributed by atoms with Crippen molar-refractivity contribution in [1.82, 2.24) is 0 Å². The molecule has 1 aliphatic heterocycles. The summed E-state index contributed by atoms with van der Waals surface area (Å²) in [6.45, 7) is 1.89. The number of rotatable bonds is 5. The lowest BCUT2D eigenvalue weighted by Crippen LogP contribution is -2.32. The fraction of sp³-hybridized carbons (Fsp3) is 0.0833. The number of ether oxygens (including phenoxy) is 1. The quantitative estimate of drug-likeness (QED) is 0.503. The summed E-state index contributed by atoms with van der Waals surface area (Å²) in [7, 11) is 1.52. The molecule has 0 bridgehead atoms. The highest BCUT2D eigenvalue weighted by Crippen LogP contribution is 2.37. The summed E-state index contributed by atoms with van der Waals surface area (Å²) in [6.07, 6.45) is 0. The number of anilines is 2. The number of carbonyl (C=O) groups excluding carboxylic acids is 2. The standard InChI is InChI=1S/C24H18Cl2N2O3/c1-14-7-10-16(13-19(14)26)27-22-21(18-5-3-4-6-20(18)31-2)23(29)28(24(22)30)17-11-8-15(25)9-12-17/h3-13,27H,1-2H3. The number of carbonyl (C=O) groups is 2. The molecule has 1 N–H and O–H groups in total. The minimum atomic E-state index is -0.482. The molecule has 156 valence electrons. The van der Waals surface area contributed by atoms with Gasteiger partial charge in [-0.25, -0.2) is 4.90 Å². The van der Waals surface area contributed by atoms with Gasteiger partial charge in [-0.3, -0.25) is 9.59 Å². The van der Waals surface area contributed by atoms with E-state index in [0.717, 1.165) is 10.5 Å². The van der Waals surface area contributed by atoms with Gasteiger partial charge in [-0.15, -0.1) is 0 Å². The van der Waals surface area contributed by atoms with E-state index in [2.05, 4.69) is 5.32 Å².